The van der Waals surface area contributed by atoms with Gasteiger partial charge in [-0.25, -0.2) is 13.4 Å². The van der Waals surface area contributed by atoms with Crippen molar-refractivity contribution >= 4 is 26.6 Å². The van der Waals surface area contributed by atoms with Crippen LogP contribution in [0.4, 0.5) is 13.2 Å². The summed E-state index contributed by atoms with van der Waals surface area (Å²) in [6.07, 6.45) is -4.60. The maximum Gasteiger partial charge on any atom is 0.405 e. The second-order valence-electron chi connectivity index (χ2n) is 4.95. The number of amides is 1. The van der Waals surface area contributed by atoms with Gasteiger partial charge < -0.3 is 5.32 Å². The highest BCUT2D eigenvalue weighted by Crippen LogP contribution is 2.20. The Bertz CT molecular complexity index is 848. The number of nitrogens with zero attached hydrogens (tertiary/aromatic N) is 1. The molecule has 0 fully saturated rings. The number of fused-ring (bicyclic) bond motifs is 1. The number of benzene rings is 1. The van der Waals surface area contributed by atoms with Crippen LogP contribution in [0.25, 0.3) is 10.9 Å². The Balaban J connectivity index is 2.24. The summed E-state index contributed by atoms with van der Waals surface area (Å²) in [5, 5.41) is 1.95. The van der Waals surface area contributed by atoms with E-state index in [9.17, 15) is 26.4 Å². The maximum atomic E-state index is 12.2. The van der Waals surface area contributed by atoms with E-state index in [1.807, 2.05) is 0 Å². The Kier molecular flexibility index (Phi) is 4.60. The molecule has 0 saturated heterocycles. The zero-order valence-electron chi connectivity index (χ0n) is 12.0. The van der Waals surface area contributed by atoms with Crippen molar-refractivity contribution in [2.75, 3.05) is 12.3 Å². The van der Waals surface area contributed by atoms with Gasteiger partial charge in [-0.05, 0) is 24.6 Å². The van der Waals surface area contributed by atoms with Crippen molar-refractivity contribution in [3.05, 3.63) is 35.9 Å². The van der Waals surface area contributed by atoms with Crippen LogP contribution in [0.2, 0.25) is 0 Å². The number of carbonyl (C=O) groups is 1. The third kappa shape index (κ3) is 4.41. The summed E-state index contributed by atoms with van der Waals surface area (Å²) in [5.74, 6) is -2.32. The number of aryl methyl sites for hydroxylation is 1. The fraction of sp³-hybridized carbons (Fsp3) is 0.286. The van der Waals surface area contributed by atoms with Crippen LogP contribution in [-0.4, -0.2) is 37.8 Å². The molecule has 1 aromatic carbocycles. The van der Waals surface area contributed by atoms with Gasteiger partial charge in [0, 0.05) is 5.39 Å². The minimum absolute atomic E-state index is 0.337. The van der Waals surface area contributed by atoms with E-state index in [1.54, 1.807) is 31.2 Å². The fourth-order valence-corrected chi connectivity index (χ4v) is 3.16. The summed E-state index contributed by atoms with van der Waals surface area (Å²) in [7, 11) is -4.13. The van der Waals surface area contributed by atoms with Crippen LogP contribution in [0.3, 0.4) is 0 Å². The molecule has 2 rings (SSSR count). The quantitative estimate of drug-likeness (QED) is 0.919. The molecule has 0 unspecified atom stereocenters. The number of nitrogens with one attached hydrogen (secondary N) is 1. The van der Waals surface area contributed by atoms with E-state index in [-0.39, 0.29) is 5.03 Å². The number of hydrogen-bond donors (Lipinski definition) is 1. The largest absolute Gasteiger partial charge is 0.405 e. The highest BCUT2D eigenvalue weighted by atomic mass is 32.2. The van der Waals surface area contributed by atoms with Crippen LogP contribution < -0.4 is 5.32 Å². The van der Waals surface area contributed by atoms with Gasteiger partial charge in [0.05, 0.1) is 5.52 Å². The van der Waals surface area contributed by atoms with Crippen molar-refractivity contribution in [2.24, 2.45) is 0 Å². The predicted molar refractivity (Wildman–Crippen MR) is 77.6 cm³/mol. The molecule has 2 aromatic rings. The molecule has 0 aliphatic heterocycles. The molecule has 1 amide bonds. The lowest BCUT2D eigenvalue weighted by atomic mass is 10.1. The number of alkyl halides is 3. The van der Waals surface area contributed by atoms with Gasteiger partial charge in [-0.3, -0.25) is 4.79 Å². The number of sulfone groups is 1. The summed E-state index contributed by atoms with van der Waals surface area (Å²) in [6, 6.07) is 8.14. The number of para-hydroxylation sites is 1. The number of halogens is 3. The Labute approximate surface area is 130 Å². The normalized spacial score (nSPS) is 12.3. The minimum Gasteiger partial charge on any atom is -0.346 e. The van der Waals surface area contributed by atoms with Crippen LogP contribution in [-0.2, 0) is 14.6 Å². The summed E-state index contributed by atoms with van der Waals surface area (Å²) in [6.45, 7) is 0.109. The van der Waals surface area contributed by atoms with Gasteiger partial charge in [0.25, 0.3) is 0 Å². The van der Waals surface area contributed by atoms with Crippen molar-refractivity contribution in [2.45, 2.75) is 18.1 Å². The van der Waals surface area contributed by atoms with Crippen LogP contribution >= 0.6 is 0 Å². The predicted octanol–water partition coefficient (Wildman–Crippen LogP) is 2.00. The van der Waals surface area contributed by atoms with Crippen LogP contribution in [0.15, 0.2) is 35.4 Å². The Hall–Kier alpha value is -2.16. The first-order valence-electron chi connectivity index (χ1n) is 6.51. The summed E-state index contributed by atoms with van der Waals surface area (Å²) < 4.78 is 60.4. The summed E-state index contributed by atoms with van der Waals surface area (Å²) >= 11 is 0. The molecule has 124 valence electrons. The molecule has 1 N–H and O–H groups in total. The van der Waals surface area contributed by atoms with Gasteiger partial charge in [0.2, 0.25) is 15.7 Å². The van der Waals surface area contributed by atoms with Crippen molar-refractivity contribution in [1.29, 1.82) is 0 Å². The SMILES string of the molecule is Cc1cc(S(=O)(=O)CC(=O)NCC(F)(F)F)nc2ccccc12. The lowest BCUT2D eigenvalue weighted by Gasteiger charge is -2.10. The highest BCUT2D eigenvalue weighted by molar-refractivity contribution is 7.92. The Morgan fingerprint density at radius 2 is 1.91 bits per heavy atom. The molecule has 23 heavy (non-hydrogen) atoms. The first-order valence-corrected chi connectivity index (χ1v) is 8.16. The van der Waals surface area contributed by atoms with E-state index >= 15 is 0 Å². The van der Waals surface area contributed by atoms with Crippen LogP contribution in [0.5, 0.6) is 0 Å². The average molecular weight is 346 g/mol. The topological polar surface area (TPSA) is 76.1 Å². The standard InChI is InChI=1S/C14H13F3N2O3S/c1-9-6-13(19-11-5-3-2-4-10(9)11)23(21,22)7-12(20)18-8-14(15,16)17/h2-6H,7-8H2,1H3,(H,18,20). The van der Waals surface area contributed by atoms with E-state index in [2.05, 4.69) is 4.98 Å². The molecule has 9 heteroatoms. The average Bonchev–Trinajstić information content (AvgIpc) is 2.44. The molecule has 0 atom stereocenters. The van der Waals surface area contributed by atoms with Crippen molar-refractivity contribution in [1.82, 2.24) is 10.3 Å². The molecular weight excluding hydrogens is 333 g/mol. The first-order chi connectivity index (χ1) is 10.6. The number of pyridine rings is 1. The van der Waals surface area contributed by atoms with Gasteiger partial charge in [-0.15, -0.1) is 0 Å². The number of carbonyl (C=O) groups excluding carboxylic acids is 1. The second kappa shape index (κ2) is 6.15. The first kappa shape index (κ1) is 17.2. The third-order valence-corrected chi connectivity index (χ3v) is 4.51. The molecular formula is C14H13F3N2O3S. The zero-order chi connectivity index (χ0) is 17.3. The smallest absolute Gasteiger partial charge is 0.346 e. The van der Waals surface area contributed by atoms with Crippen molar-refractivity contribution < 1.29 is 26.4 Å². The zero-order valence-corrected chi connectivity index (χ0v) is 12.8. The monoisotopic (exact) mass is 346 g/mol. The third-order valence-electron chi connectivity index (χ3n) is 3.03. The lowest BCUT2D eigenvalue weighted by molar-refractivity contribution is -0.137. The maximum absolute atomic E-state index is 12.2. The van der Waals surface area contributed by atoms with Gasteiger partial charge >= 0.3 is 6.18 Å². The molecule has 0 aliphatic rings. The molecule has 0 aliphatic carbocycles. The van der Waals surface area contributed by atoms with Gasteiger partial charge in [-0.2, -0.15) is 13.2 Å². The molecule has 1 aromatic heterocycles. The summed E-state index contributed by atoms with van der Waals surface area (Å²) in [5.41, 5.74) is 1.08. The van der Waals surface area contributed by atoms with Crippen LogP contribution in [0.1, 0.15) is 5.56 Å². The van der Waals surface area contributed by atoms with Crippen molar-refractivity contribution in [3.63, 3.8) is 0 Å². The van der Waals surface area contributed by atoms with Gasteiger partial charge in [0.1, 0.15) is 12.3 Å². The van der Waals surface area contributed by atoms with Gasteiger partial charge in [-0.1, -0.05) is 18.2 Å². The second-order valence-corrected chi connectivity index (χ2v) is 6.88. The van der Waals surface area contributed by atoms with E-state index in [0.29, 0.717) is 11.1 Å². The Morgan fingerprint density at radius 1 is 1.26 bits per heavy atom. The number of aromatic nitrogens is 1. The van der Waals surface area contributed by atoms with E-state index in [4.69, 9.17) is 0 Å². The van der Waals surface area contributed by atoms with Gasteiger partial charge in [0.15, 0.2) is 5.03 Å². The molecule has 0 bridgehead atoms. The molecule has 1 heterocycles. The molecule has 0 spiro atoms. The number of rotatable bonds is 4. The highest BCUT2D eigenvalue weighted by Gasteiger charge is 2.29. The van der Waals surface area contributed by atoms with Crippen molar-refractivity contribution in [3.8, 4) is 0 Å². The molecule has 5 nitrogen and oxygen atoms in total. The van der Waals surface area contributed by atoms with E-state index < -0.39 is 34.2 Å². The molecule has 0 radical (unpaired) electrons. The van der Waals surface area contributed by atoms with E-state index in [1.165, 1.54) is 11.4 Å². The Morgan fingerprint density at radius 3 is 2.57 bits per heavy atom. The lowest BCUT2D eigenvalue weighted by Crippen LogP contribution is -2.37. The fourth-order valence-electron chi connectivity index (χ4n) is 1.97. The minimum atomic E-state index is -4.60. The summed E-state index contributed by atoms with van der Waals surface area (Å²) in [4.78, 5) is 15.4. The van der Waals surface area contributed by atoms with E-state index in [0.717, 1.165) is 5.39 Å². The van der Waals surface area contributed by atoms with Crippen LogP contribution in [0, 0.1) is 6.92 Å². The number of hydrogen-bond acceptors (Lipinski definition) is 4. The molecule has 0 saturated carbocycles.